The molecule has 1 heterocycles. The minimum Gasteiger partial charge on any atom is -0.493 e. The number of fused-ring (bicyclic) bond motifs is 1. The Morgan fingerprint density at radius 3 is 2.42 bits per heavy atom. The molecule has 24 heavy (non-hydrogen) atoms. The van der Waals surface area contributed by atoms with Crippen LogP contribution in [0.15, 0.2) is 36.4 Å². The number of hydrogen-bond donors (Lipinski definition) is 0. The van der Waals surface area contributed by atoms with Gasteiger partial charge in [-0.3, -0.25) is 4.90 Å². The topological polar surface area (TPSA) is 21.7 Å². The third-order valence-electron chi connectivity index (χ3n) is 4.91. The standard InChI is InChI=1S/C20H24ClNO2/c1-14-18-13-20(24-3)19(23-2)12-16(18)9-11-22(14)10-8-15-4-6-17(21)7-5-15/h4-7,12-14H,8-11H2,1-3H3/t14-/m0/s1. The van der Waals surface area contributed by atoms with E-state index in [-0.39, 0.29) is 0 Å². The lowest BCUT2D eigenvalue weighted by Gasteiger charge is -2.35. The minimum atomic E-state index is 0.376. The zero-order valence-electron chi connectivity index (χ0n) is 14.5. The molecule has 3 rings (SSSR count). The van der Waals surface area contributed by atoms with E-state index in [1.165, 1.54) is 16.7 Å². The summed E-state index contributed by atoms with van der Waals surface area (Å²) in [7, 11) is 3.38. The van der Waals surface area contributed by atoms with Crippen molar-refractivity contribution in [3.8, 4) is 11.5 Å². The van der Waals surface area contributed by atoms with Crippen LogP contribution in [0.3, 0.4) is 0 Å². The van der Waals surface area contributed by atoms with Gasteiger partial charge in [0.25, 0.3) is 0 Å². The molecule has 0 saturated carbocycles. The number of hydrogen-bond acceptors (Lipinski definition) is 3. The Labute approximate surface area is 149 Å². The van der Waals surface area contributed by atoms with E-state index in [4.69, 9.17) is 21.1 Å². The van der Waals surface area contributed by atoms with Crippen LogP contribution >= 0.6 is 11.6 Å². The lowest BCUT2D eigenvalue weighted by molar-refractivity contribution is 0.200. The van der Waals surface area contributed by atoms with Crippen molar-refractivity contribution in [2.45, 2.75) is 25.8 Å². The van der Waals surface area contributed by atoms with E-state index in [1.807, 2.05) is 12.1 Å². The Morgan fingerprint density at radius 1 is 1.08 bits per heavy atom. The van der Waals surface area contributed by atoms with Crippen LogP contribution in [0.5, 0.6) is 11.5 Å². The van der Waals surface area contributed by atoms with Crippen LogP contribution in [0.1, 0.15) is 29.7 Å². The molecule has 0 radical (unpaired) electrons. The Bertz CT molecular complexity index is 700. The first-order chi connectivity index (χ1) is 11.6. The maximum Gasteiger partial charge on any atom is 0.161 e. The molecule has 0 aliphatic carbocycles. The second-order valence-corrected chi connectivity index (χ2v) is 6.68. The molecule has 0 fully saturated rings. The number of halogens is 1. The number of ether oxygens (including phenoxy) is 2. The van der Waals surface area contributed by atoms with E-state index in [0.717, 1.165) is 42.5 Å². The van der Waals surface area contributed by atoms with Crippen molar-refractivity contribution >= 4 is 11.6 Å². The molecule has 128 valence electrons. The van der Waals surface area contributed by atoms with E-state index in [2.05, 4.69) is 36.1 Å². The molecule has 0 N–H and O–H groups in total. The van der Waals surface area contributed by atoms with Crippen molar-refractivity contribution < 1.29 is 9.47 Å². The highest BCUT2D eigenvalue weighted by molar-refractivity contribution is 6.30. The first-order valence-corrected chi connectivity index (χ1v) is 8.73. The normalized spacial score (nSPS) is 17.4. The van der Waals surface area contributed by atoms with Gasteiger partial charge in [-0.05, 0) is 60.7 Å². The summed E-state index contributed by atoms with van der Waals surface area (Å²) in [5.74, 6) is 1.63. The summed E-state index contributed by atoms with van der Waals surface area (Å²) in [6, 6.07) is 12.8. The third-order valence-corrected chi connectivity index (χ3v) is 5.16. The highest BCUT2D eigenvalue weighted by Gasteiger charge is 2.25. The molecule has 4 heteroatoms. The minimum absolute atomic E-state index is 0.376. The summed E-state index contributed by atoms with van der Waals surface area (Å²) in [4.78, 5) is 2.53. The zero-order valence-corrected chi connectivity index (χ0v) is 15.3. The van der Waals surface area contributed by atoms with E-state index in [0.29, 0.717) is 6.04 Å². The van der Waals surface area contributed by atoms with Crippen molar-refractivity contribution in [3.63, 3.8) is 0 Å². The van der Waals surface area contributed by atoms with Crippen molar-refractivity contribution in [1.82, 2.24) is 4.90 Å². The molecule has 2 aromatic rings. The maximum absolute atomic E-state index is 5.96. The van der Waals surface area contributed by atoms with Gasteiger partial charge in [-0.2, -0.15) is 0 Å². The fraction of sp³-hybridized carbons (Fsp3) is 0.400. The predicted molar refractivity (Wildman–Crippen MR) is 98.4 cm³/mol. The summed E-state index contributed by atoms with van der Waals surface area (Å²) in [6.45, 7) is 4.37. The Hall–Kier alpha value is -1.71. The van der Waals surface area contributed by atoms with Crippen LogP contribution in [-0.4, -0.2) is 32.2 Å². The van der Waals surface area contributed by atoms with E-state index < -0.39 is 0 Å². The van der Waals surface area contributed by atoms with Crippen LogP contribution < -0.4 is 9.47 Å². The van der Waals surface area contributed by atoms with Crippen molar-refractivity contribution in [1.29, 1.82) is 0 Å². The fourth-order valence-corrected chi connectivity index (χ4v) is 3.55. The van der Waals surface area contributed by atoms with Gasteiger partial charge >= 0.3 is 0 Å². The summed E-state index contributed by atoms with van der Waals surface area (Å²) >= 11 is 5.96. The summed E-state index contributed by atoms with van der Waals surface area (Å²) in [6.07, 6.45) is 2.07. The molecular formula is C20H24ClNO2. The molecule has 2 aromatic carbocycles. The lowest BCUT2D eigenvalue weighted by Crippen LogP contribution is -2.35. The molecule has 0 unspecified atom stereocenters. The SMILES string of the molecule is COc1cc2c(cc1OC)[C@H](C)N(CCc1ccc(Cl)cc1)CC2. The van der Waals surface area contributed by atoms with Crippen molar-refractivity contribution in [2.75, 3.05) is 27.3 Å². The Morgan fingerprint density at radius 2 is 1.75 bits per heavy atom. The van der Waals surface area contributed by atoms with Gasteiger partial charge in [0.05, 0.1) is 14.2 Å². The monoisotopic (exact) mass is 345 g/mol. The van der Waals surface area contributed by atoms with Crippen LogP contribution in [0.2, 0.25) is 5.02 Å². The van der Waals surface area contributed by atoms with Crippen molar-refractivity contribution in [2.24, 2.45) is 0 Å². The van der Waals surface area contributed by atoms with E-state index in [9.17, 15) is 0 Å². The molecule has 0 bridgehead atoms. The largest absolute Gasteiger partial charge is 0.493 e. The molecule has 0 amide bonds. The fourth-order valence-electron chi connectivity index (χ4n) is 3.43. The van der Waals surface area contributed by atoms with Crippen LogP contribution in [0.25, 0.3) is 0 Å². The number of rotatable bonds is 5. The number of methoxy groups -OCH3 is 2. The quantitative estimate of drug-likeness (QED) is 0.795. The summed E-state index contributed by atoms with van der Waals surface area (Å²) in [5.41, 5.74) is 4.03. The molecule has 0 saturated heterocycles. The van der Waals surface area contributed by atoms with Gasteiger partial charge in [-0.15, -0.1) is 0 Å². The van der Waals surface area contributed by atoms with Gasteiger partial charge in [0.2, 0.25) is 0 Å². The van der Waals surface area contributed by atoms with Crippen LogP contribution in [0.4, 0.5) is 0 Å². The van der Waals surface area contributed by atoms with Crippen molar-refractivity contribution in [3.05, 3.63) is 58.1 Å². The second kappa shape index (κ2) is 7.45. The highest BCUT2D eigenvalue weighted by atomic mass is 35.5. The van der Waals surface area contributed by atoms with Crippen LogP contribution in [-0.2, 0) is 12.8 Å². The molecule has 3 nitrogen and oxygen atoms in total. The first kappa shape index (κ1) is 17.1. The Balaban J connectivity index is 1.74. The summed E-state index contributed by atoms with van der Waals surface area (Å²) in [5, 5.41) is 0.792. The van der Waals surface area contributed by atoms with Gasteiger partial charge < -0.3 is 9.47 Å². The number of nitrogens with zero attached hydrogens (tertiary/aromatic N) is 1. The predicted octanol–water partition coefficient (Wildman–Crippen LogP) is 4.52. The van der Waals surface area contributed by atoms with E-state index >= 15 is 0 Å². The average molecular weight is 346 g/mol. The van der Waals surface area contributed by atoms with Gasteiger partial charge in [-0.1, -0.05) is 23.7 Å². The lowest BCUT2D eigenvalue weighted by atomic mass is 9.92. The molecule has 1 aliphatic heterocycles. The molecule has 1 aliphatic rings. The number of benzene rings is 2. The zero-order chi connectivity index (χ0) is 17.1. The summed E-state index contributed by atoms with van der Waals surface area (Å²) < 4.78 is 10.9. The smallest absolute Gasteiger partial charge is 0.161 e. The Kier molecular flexibility index (Phi) is 5.32. The van der Waals surface area contributed by atoms with Gasteiger partial charge in [0.15, 0.2) is 11.5 Å². The molecule has 0 spiro atoms. The molecule has 1 atom stereocenters. The highest BCUT2D eigenvalue weighted by Crippen LogP contribution is 2.37. The maximum atomic E-state index is 5.96. The van der Waals surface area contributed by atoms with Gasteiger partial charge in [0, 0.05) is 24.2 Å². The molecule has 0 aromatic heterocycles. The first-order valence-electron chi connectivity index (χ1n) is 8.35. The van der Waals surface area contributed by atoms with Gasteiger partial charge in [-0.25, -0.2) is 0 Å². The molecular weight excluding hydrogens is 322 g/mol. The second-order valence-electron chi connectivity index (χ2n) is 6.24. The third kappa shape index (κ3) is 3.52. The van der Waals surface area contributed by atoms with Crippen LogP contribution in [0, 0.1) is 0 Å². The van der Waals surface area contributed by atoms with Gasteiger partial charge in [0.1, 0.15) is 0 Å². The van der Waals surface area contributed by atoms with E-state index in [1.54, 1.807) is 14.2 Å². The average Bonchev–Trinajstić information content (AvgIpc) is 2.61.